The lowest BCUT2D eigenvalue weighted by Crippen LogP contribution is -2.02. The largest absolute Gasteiger partial charge is 0.207 e. The fourth-order valence-electron chi connectivity index (χ4n) is 2.60. The number of fused-ring (bicyclic) bond motifs is 1. The van der Waals surface area contributed by atoms with Gasteiger partial charge in [-0.2, -0.15) is 0 Å². The third-order valence-electron chi connectivity index (χ3n) is 3.70. The van der Waals surface area contributed by atoms with Crippen LogP contribution in [0.3, 0.4) is 0 Å². The molecule has 3 rings (SSSR count). The van der Waals surface area contributed by atoms with Gasteiger partial charge in [0, 0.05) is 5.56 Å². The van der Waals surface area contributed by atoms with Gasteiger partial charge in [0.1, 0.15) is 11.6 Å². The summed E-state index contributed by atoms with van der Waals surface area (Å²) in [6.07, 6.45) is 0. The van der Waals surface area contributed by atoms with E-state index in [0.29, 0.717) is 5.56 Å². The second-order valence-electron chi connectivity index (χ2n) is 5.02. The zero-order valence-corrected chi connectivity index (χ0v) is 12.2. The highest BCUT2D eigenvalue weighted by molar-refractivity contribution is 6.23. The van der Waals surface area contributed by atoms with Crippen molar-refractivity contribution in [2.45, 2.75) is 12.3 Å². The minimum absolute atomic E-state index is 0.104. The Morgan fingerprint density at radius 2 is 1.43 bits per heavy atom. The van der Waals surface area contributed by atoms with E-state index in [0.717, 1.165) is 16.3 Å². The first-order valence-electron chi connectivity index (χ1n) is 6.66. The molecule has 0 aliphatic rings. The van der Waals surface area contributed by atoms with Crippen molar-refractivity contribution < 1.29 is 8.78 Å². The van der Waals surface area contributed by atoms with Crippen molar-refractivity contribution in [1.29, 1.82) is 0 Å². The summed E-state index contributed by atoms with van der Waals surface area (Å²) in [4.78, 5) is 0. The molecule has 0 aromatic heterocycles. The van der Waals surface area contributed by atoms with Crippen LogP contribution in [-0.2, 0) is 0 Å². The van der Waals surface area contributed by atoms with Crippen LogP contribution in [0, 0.1) is 18.6 Å². The molecule has 0 spiro atoms. The van der Waals surface area contributed by atoms with Gasteiger partial charge in [0.25, 0.3) is 0 Å². The minimum Gasteiger partial charge on any atom is -0.207 e. The van der Waals surface area contributed by atoms with Crippen LogP contribution in [0.25, 0.3) is 10.8 Å². The normalized spacial score (nSPS) is 12.6. The summed E-state index contributed by atoms with van der Waals surface area (Å²) in [5.41, 5.74) is 1.71. The molecule has 3 aromatic carbocycles. The molecule has 21 heavy (non-hydrogen) atoms. The van der Waals surface area contributed by atoms with E-state index in [4.69, 9.17) is 11.6 Å². The Labute approximate surface area is 127 Å². The quantitative estimate of drug-likeness (QED) is 0.528. The van der Waals surface area contributed by atoms with Crippen LogP contribution >= 0.6 is 11.6 Å². The predicted molar refractivity (Wildman–Crippen MR) is 82.7 cm³/mol. The van der Waals surface area contributed by atoms with Crippen LogP contribution < -0.4 is 0 Å². The number of hydrogen-bond acceptors (Lipinski definition) is 0. The number of halogens is 3. The molecule has 0 aliphatic carbocycles. The summed E-state index contributed by atoms with van der Waals surface area (Å²) in [5, 5.41) is 1.09. The van der Waals surface area contributed by atoms with Gasteiger partial charge < -0.3 is 0 Å². The van der Waals surface area contributed by atoms with Gasteiger partial charge >= 0.3 is 0 Å². The van der Waals surface area contributed by atoms with E-state index < -0.39 is 17.0 Å². The summed E-state index contributed by atoms with van der Waals surface area (Å²) in [6, 6.07) is 15.3. The third kappa shape index (κ3) is 2.40. The highest BCUT2D eigenvalue weighted by Gasteiger charge is 2.21. The van der Waals surface area contributed by atoms with Gasteiger partial charge in [0.05, 0.1) is 5.38 Å². The Balaban J connectivity index is 2.23. The molecular weight excluding hydrogens is 290 g/mol. The number of alkyl halides is 1. The summed E-state index contributed by atoms with van der Waals surface area (Å²) >= 11 is 6.39. The monoisotopic (exact) mass is 302 g/mol. The van der Waals surface area contributed by atoms with Gasteiger partial charge in [-0.25, -0.2) is 8.78 Å². The highest BCUT2D eigenvalue weighted by Crippen LogP contribution is 2.37. The molecule has 0 amide bonds. The first-order valence-corrected chi connectivity index (χ1v) is 7.09. The molecule has 1 unspecified atom stereocenters. The van der Waals surface area contributed by atoms with Crippen molar-refractivity contribution in [2.24, 2.45) is 0 Å². The van der Waals surface area contributed by atoms with Crippen molar-refractivity contribution in [3.63, 3.8) is 0 Å². The number of aryl methyl sites for hydroxylation is 1. The molecule has 0 fully saturated rings. The Morgan fingerprint density at radius 1 is 0.810 bits per heavy atom. The lowest BCUT2D eigenvalue weighted by molar-refractivity contribution is 0.559. The van der Waals surface area contributed by atoms with E-state index in [1.54, 1.807) is 0 Å². The van der Waals surface area contributed by atoms with Crippen LogP contribution in [0.5, 0.6) is 0 Å². The number of hydrogen-bond donors (Lipinski definition) is 0. The third-order valence-corrected chi connectivity index (χ3v) is 4.16. The fraction of sp³-hybridized carbons (Fsp3) is 0.111. The Bertz CT molecular complexity index is 791. The Morgan fingerprint density at radius 3 is 2.10 bits per heavy atom. The van der Waals surface area contributed by atoms with E-state index >= 15 is 0 Å². The molecule has 0 saturated heterocycles. The number of rotatable bonds is 2. The van der Waals surface area contributed by atoms with E-state index in [2.05, 4.69) is 0 Å². The van der Waals surface area contributed by atoms with Gasteiger partial charge in [-0.15, -0.1) is 11.6 Å². The van der Waals surface area contributed by atoms with Gasteiger partial charge in [-0.05, 0) is 41.0 Å². The molecule has 3 aromatic rings. The van der Waals surface area contributed by atoms with Crippen LogP contribution in [0.2, 0.25) is 0 Å². The van der Waals surface area contributed by atoms with Crippen LogP contribution in [0.1, 0.15) is 22.1 Å². The zero-order valence-electron chi connectivity index (χ0n) is 11.4. The van der Waals surface area contributed by atoms with Gasteiger partial charge in [0.2, 0.25) is 0 Å². The summed E-state index contributed by atoms with van der Waals surface area (Å²) in [5.74, 6) is -1.25. The zero-order chi connectivity index (χ0) is 15.0. The molecule has 1 atom stereocenters. The summed E-state index contributed by atoms with van der Waals surface area (Å²) in [7, 11) is 0. The molecule has 0 N–H and O–H groups in total. The van der Waals surface area contributed by atoms with Crippen LogP contribution in [0.15, 0.2) is 54.6 Å². The average molecular weight is 303 g/mol. The maximum Gasteiger partial charge on any atom is 0.131 e. The molecule has 0 heterocycles. The molecule has 3 heteroatoms. The van der Waals surface area contributed by atoms with Gasteiger partial charge in [-0.1, -0.05) is 42.5 Å². The second-order valence-corrected chi connectivity index (χ2v) is 5.45. The van der Waals surface area contributed by atoms with E-state index in [1.165, 1.54) is 18.2 Å². The second kappa shape index (κ2) is 5.45. The van der Waals surface area contributed by atoms with Gasteiger partial charge in [-0.3, -0.25) is 0 Å². The molecule has 0 radical (unpaired) electrons. The van der Waals surface area contributed by atoms with Crippen molar-refractivity contribution in [2.75, 3.05) is 0 Å². The smallest absolute Gasteiger partial charge is 0.131 e. The molecule has 106 valence electrons. The van der Waals surface area contributed by atoms with E-state index in [1.807, 2.05) is 43.3 Å². The molecule has 0 aliphatic heterocycles. The first kappa shape index (κ1) is 14.0. The fourth-order valence-corrected chi connectivity index (χ4v) is 3.00. The van der Waals surface area contributed by atoms with Crippen LogP contribution in [0.4, 0.5) is 8.78 Å². The maximum atomic E-state index is 13.9. The first-order chi connectivity index (χ1) is 10.1. The van der Waals surface area contributed by atoms with Crippen molar-refractivity contribution in [1.82, 2.24) is 0 Å². The van der Waals surface area contributed by atoms with Crippen molar-refractivity contribution >= 4 is 22.4 Å². The topological polar surface area (TPSA) is 0 Å². The van der Waals surface area contributed by atoms with Crippen LogP contribution in [-0.4, -0.2) is 0 Å². The van der Waals surface area contributed by atoms with E-state index in [9.17, 15) is 8.78 Å². The summed E-state index contributed by atoms with van der Waals surface area (Å²) in [6.45, 7) is 2.00. The lowest BCUT2D eigenvalue weighted by atomic mass is 9.95. The average Bonchev–Trinajstić information content (AvgIpc) is 2.47. The highest BCUT2D eigenvalue weighted by atomic mass is 35.5. The Hall–Kier alpha value is -1.93. The van der Waals surface area contributed by atoms with Gasteiger partial charge in [0.15, 0.2) is 0 Å². The predicted octanol–water partition coefficient (Wildman–Crippen LogP) is 5.75. The standard InChI is InChI=1S/C18H13ClF2/c1-11-9-10-14(13-6-3-2-5-12(11)13)18(19)17-15(20)7-4-8-16(17)21/h2-10,18H,1H3. The lowest BCUT2D eigenvalue weighted by Gasteiger charge is -2.16. The minimum atomic E-state index is -0.864. The van der Waals surface area contributed by atoms with Crippen molar-refractivity contribution in [3.05, 3.63) is 82.9 Å². The number of benzene rings is 3. The molecule has 0 nitrogen and oxygen atoms in total. The summed E-state index contributed by atoms with van der Waals surface area (Å²) < 4.78 is 27.9. The Kier molecular flexibility index (Phi) is 3.64. The molecular formula is C18H13ClF2. The van der Waals surface area contributed by atoms with E-state index in [-0.39, 0.29) is 5.56 Å². The molecule has 0 saturated carbocycles. The van der Waals surface area contributed by atoms with Crippen molar-refractivity contribution in [3.8, 4) is 0 Å². The molecule has 0 bridgehead atoms. The SMILES string of the molecule is Cc1ccc(C(Cl)c2c(F)cccc2F)c2ccccc12. The maximum absolute atomic E-state index is 13.9.